The summed E-state index contributed by atoms with van der Waals surface area (Å²) in [5.74, 6) is -0.230. The van der Waals surface area contributed by atoms with Crippen LogP contribution in [0.4, 0.5) is 0 Å². The van der Waals surface area contributed by atoms with Crippen LogP contribution in [0.25, 0.3) is 0 Å². The average molecular weight is 332 g/mol. The molecular weight excluding hydrogens is 307 g/mol. The second kappa shape index (κ2) is 6.08. The van der Waals surface area contributed by atoms with Crippen molar-refractivity contribution in [1.82, 2.24) is 0 Å². The molecule has 1 aliphatic carbocycles. The molecule has 1 aliphatic heterocycles. The Bertz CT molecular complexity index is 620. The second-order valence-corrected chi connectivity index (χ2v) is 7.70. The van der Waals surface area contributed by atoms with Crippen LogP contribution in [-0.4, -0.2) is 35.5 Å². The molecule has 24 heavy (non-hydrogen) atoms. The maximum Gasteiger partial charge on any atom is 0.494 e. The van der Waals surface area contributed by atoms with E-state index in [1.54, 1.807) is 0 Å². The first-order valence-corrected chi connectivity index (χ1v) is 8.55. The molecule has 0 unspecified atom stereocenters. The highest BCUT2D eigenvalue weighted by atomic mass is 16.7. The monoisotopic (exact) mass is 332 g/mol. The van der Waals surface area contributed by atoms with E-state index >= 15 is 0 Å². The SMILES string of the molecule is CC1(C)OB(c2ccc(CC(=O)O)c(OC3CCC3)c2)OC1(C)C. The molecule has 0 amide bonds. The quantitative estimate of drug-likeness (QED) is 0.840. The molecule has 0 spiro atoms. The fourth-order valence-corrected chi connectivity index (χ4v) is 2.78. The number of carboxylic acids is 1. The summed E-state index contributed by atoms with van der Waals surface area (Å²) in [7, 11) is -0.474. The lowest BCUT2D eigenvalue weighted by Gasteiger charge is -2.32. The van der Waals surface area contributed by atoms with Crippen LogP contribution in [0.3, 0.4) is 0 Å². The largest absolute Gasteiger partial charge is 0.494 e. The first-order chi connectivity index (χ1) is 11.2. The van der Waals surface area contributed by atoms with Gasteiger partial charge in [-0.05, 0) is 58.5 Å². The van der Waals surface area contributed by atoms with Gasteiger partial charge in [-0.1, -0.05) is 12.1 Å². The minimum atomic E-state index is -0.864. The van der Waals surface area contributed by atoms with Crippen molar-refractivity contribution < 1.29 is 23.9 Å². The van der Waals surface area contributed by atoms with Gasteiger partial charge in [0.1, 0.15) is 5.75 Å². The predicted molar refractivity (Wildman–Crippen MR) is 91.8 cm³/mol. The fourth-order valence-electron chi connectivity index (χ4n) is 2.78. The van der Waals surface area contributed by atoms with Gasteiger partial charge in [0.15, 0.2) is 0 Å². The van der Waals surface area contributed by atoms with Gasteiger partial charge >= 0.3 is 13.1 Å². The van der Waals surface area contributed by atoms with Gasteiger partial charge in [-0.2, -0.15) is 0 Å². The van der Waals surface area contributed by atoms with E-state index in [-0.39, 0.29) is 12.5 Å². The van der Waals surface area contributed by atoms with Crippen LogP contribution in [0.5, 0.6) is 5.75 Å². The lowest BCUT2D eigenvalue weighted by Crippen LogP contribution is -2.41. The van der Waals surface area contributed by atoms with Gasteiger partial charge in [0, 0.05) is 5.56 Å². The number of aliphatic carboxylic acids is 1. The Labute approximate surface area is 143 Å². The van der Waals surface area contributed by atoms with Gasteiger partial charge in [0.05, 0.1) is 23.7 Å². The first kappa shape index (κ1) is 17.3. The fraction of sp³-hybridized carbons (Fsp3) is 0.611. The maximum atomic E-state index is 11.1. The van der Waals surface area contributed by atoms with Crippen LogP contribution < -0.4 is 10.2 Å². The van der Waals surface area contributed by atoms with Gasteiger partial charge in [-0.15, -0.1) is 0 Å². The van der Waals surface area contributed by atoms with Crippen molar-refractivity contribution in [3.05, 3.63) is 23.8 Å². The second-order valence-electron chi connectivity index (χ2n) is 7.70. The summed E-state index contributed by atoms with van der Waals surface area (Å²) in [6, 6.07) is 5.55. The normalized spacial score (nSPS) is 22.2. The van der Waals surface area contributed by atoms with Crippen LogP contribution >= 0.6 is 0 Å². The summed E-state index contributed by atoms with van der Waals surface area (Å²) >= 11 is 0. The van der Waals surface area contributed by atoms with Gasteiger partial charge in [0.25, 0.3) is 0 Å². The Balaban J connectivity index is 1.86. The predicted octanol–water partition coefficient (Wildman–Crippen LogP) is 2.54. The number of ether oxygens (including phenoxy) is 1. The molecule has 1 saturated heterocycles. The Hall–Kier alpha value is -1.53. The van der Waals surface area contributed by atoms with Crippen molar-refractivity contribution >= 4 is 18.6 Å². The minimum absolute atomic E-state index is 0.0499. The molecule has 3 rings (SSSR count). The molecule has 1 saturated carbocycles. The lowest BCUT2D eigenvalue weighted by molar-refractivity contribution is -0.136. The molecular formula is C18H25BO5. The van der Waals surface area contributed by atoms with E-state index in [1.807, 2.05) is 45.9 Å². The van der Waals surface area contributed by atoms with Crippen molar-refractivity contribution in [3.8, 4) is 5.75 Å². The number of carbonyl (C=O) groups is 1. The summed E-state index contributed by atoms with van der Waals surface area (Å²) in [5, 5.41) is 9.11. The highest BCUT2D eigenvalue weighted by molar-refractivity contribution is 6.62. The Morgan fingerprint density at radius 2 is 1.88 bits per heavy atom. The molecule has 0 bridgehead atoms. The minimum Gasteiger partial charge on any atom is -0.490 e. The van der Waals surface area contributed by atoms with Gasteiger partial charge in [-0.3, -0.25) is 4.79 Å². The number of rotatable bonds is 5. The summed E-state index contributed by atoms with van der Waals surface area (Å²) in [5.41, 5.74) is 0.727. The van der Waals surface area contributed by atoms with E-state index < -0.39 is 24.3 Å². The van der Waals surface area contributed by atoms with E-state index in [4.69, 9.17) is 19.2 Å². The molecule has 2 fully saturated rings. The molecule has 2 aliphatic rings. The zero-order valence-corrected chi connectivity index (χ0v) is 14.8. The first-order valence-electron chi connectivity index (χ1n) is 8.55. The van der Waals surface area contributed by atoms with E-state index in [0.717, 1.165) is 24.7 Å². The van der Waals surface area contributed by atoms with Gasteiger partial charge < -0.3 is 19.2 Å². The standard InChI is InChI=1S/C18H25BO5/c1-17(2)18(3,4)24-19(23-17)13-9-8-12(10-16(20)21)15(11-13)22-14-6-5-7-14/h8-9,11,14H,5-7,10H2,1-4H3,(H,20,21). The molecule has 130 valence electrons. The molecule has 0 atom stereocenters. The zero-order valence-electron chi connectivity index (χ0n) is 14.8. The molecule has 1 aromatic carbocycles. The Morgan fingerprint density at radius 1 is 1.25 bits per heavy atom. The van der Waals surface area contributed by atoms with Crippen molar-refractivity contribution in [1.29, 1.82) is 0 Å². The average Bonchev–Trinajstić information content (AvgIpc) is 2.63. The molecule has 1 N–H and O–H groups in total. The van der Waals surface area contributed by atoms with E-state index in [9.17, 15) is 4.79 Å². The third-order valence-electron chi connectivity index (χ3n) is 5.30. The number of hydrogen-bond donors (Lipinski definition) is 1. The van der Waals surface area contributed by atoms with Crippen LogP contribution in [-0.2, 0) is 20.5 Å². The topological polar surface area (TPSA) is 65.0 Å². The van der Waals surface area contributed by atoms with Crippen LogP contribution in [0, 0.1) is 0 Å². The van der Waals surface area contributed by atoms with Crippen molar-refractivity contribution in [2.75, 3.05) is 0 Å². The summed E-state index contributed by atoms with van der Waals surface area (Å²) in [6.45, 7) is 8.05. The van der Waals surface area contributed by atoms with E-state index in [1.165, 1.54) is 0 Å². The van der Waals surface area contributed by atoms with Gasteiger partial charge in [0.2, 0.25) is 0 Å². The maximum absolute atomic E-state index is 11.1. The van der Waals surface area contributed by atoms with Crippen LogP contribution in [0.2, 0.25) is 0 Å². The highest BCUT2D eigenvalue weighted by Gasteiger charge is 2.51. The summed E-state index contributed by atoms with van der Waals surface area (Å²) in [6.07, 6.45) is 3.34. The van der Waals surface area contributed by atoms with E-state index in [0.29, 0.717) is 11.3 Å². The third kappa shape index (κ3) is 3.30. The molecule has 1 heterocycles. The van der Waals surface area contributed by atoms with Crippen molar-refractivity contribution in [2.45, 2.75) is 70.7 Å². The highest BCUT2D eigenvalue weighted by Crippen LogP contribution is 2.37. The summed E-state index contributed by atoms with van der Waals surface area (Å²) in [4.78, 5) is 11.1. The number of hydrogen-bond acceptors (Lipinski definition) is 4. The smallest absolute Gasteiger partial charge is 0.490 e. The van der Waals surface area contributed by atoms with Gasteiger partial charge in [-0.25, -0.2) is 0 Å². The zero-order chi connectivity index (χ0) is 17.5. The number of carboxylic acid groups (broad SMARTS) is 1. The van der Waals surface area contributed by atoms with Crippen LogP contribution in [0.15, 0.2) is 18.2 Å². The molecule has 0 aromatic heterocycles. The third-order valence-corrected chi connectivity index (χ3v) is 5.30. The Morgan fingerprint density at radius 3 is 2.38 bits per heavy atom. The summed E-state index contributed by atoms with van der Waals surface area (Å²) < 4.78 is 18.2. The van der Waals surface area contributed by atoms with E-state index in [2.05, 4.69) is 0 Å². The van der Waals surface area contributed by atoms with Crippen LogP contribution in [0.1, 0.15) is 52.5 Å². The van der Waals surface area contributed by atoms with Crippen molar-refractivity contribution in [3.63, 3.8) is 0 Å². The van der Waals surface area contributed by atoms with Crippen molar-refractivity contribution in [2.24, 2.45) is 0 Å². The lowest BCUT2D eigenvalue weighted by atomic mass is 9.78. The molecule has 0 radical (unpaired) electrons. The molecule has 5 nitrogen and oxygen atoms in total. The number of benzene rings is 1. The molecule has 6 heteroatoms. The molecule has 1 aromatic rings. The Kier molecular flexibility index (Phi) is 4.38.